The Morgan fingerprint density at radius 3 is 2.34 bits per heavy atom. The Kier molecular flexibility index (Phi) is 8.30. The zero-order valence-electron chi connectivity index (χ0n) is 20.2. The maximum absolute atomic E-state index is 12.6. The average molecular weight is 497 g/mol. The van der Waals surface area contributed by atoms with Crippen molar-refractivity contribution in [1.82, 2.24) is 20.0 Å². The van der Waals surface area contributed by atoms with Gasteiger partial charge in [0, 0.05) is 34.9 Å². The van der Waals surface area contributed by atoms with E-state index in [1.165, 1.54) is 11.9 Å². The van der Waals surface area contributed by atoms with E-state index < -0.39 is 24.0 Å². The summed E-state index contributed by atoms with van der Waals surface area (Å²) < 4.78 is 6.91. The van der Waals surface area contributed by atoms with Crippen molar-refractivity contribution in [3.05, 3.63) is 71.4 Å². The van der Waals surface area contributed by atoms with Crippen molar-refractivity contribution in [2.75, 3.05) is 20.2 Å². The van der Waals surface area contributed by atoms with E-state index in [-0.39, 0.29) is 18.9 Å². The van der Waals surface area contributed by atoms with E-state index in [0.29, 0.717) is 16.3 Å². The number of ether oxygens (including phenoxy) is 1. The number of likely N-dealkylation sites (N-methyl/N-ethyl adjacent to an activating group) is 1. The highest BCUT2D eigenvalue weighted by atomic mass is 35.5. The standard InChI is InChI=1S/C26H29ClN4O4/c1-26(2,3)28-22(32)16-30(4)23(33)17-35-24(34)14-19-15-31(21-8-6-5-7-9-21)29-25(19)18-10-12-20(27)13-11-18/h5-13,15H,14,16-17H2,1-4H3,(H,28,32). The first-order valence-corrected chi connectivity index (χ1v) is 11.5. The van der Waals surface area contributed by atoms with Gasteiger partial charge >= 0.3 is 5.97 Å². The van der Waals surface area contributed by atoms with Crippen LogP contribution in [0.4, 0.5) is 0 Å². The fourth-order valence-electron chi connectivity index (χ4n) is 3.32. The fraction of sp³-hybridized carbons (Fsp3) is 0.308. The summed E-state index contributed by atoms with van der Waals surface area (Å²) in [4.78, 5) is 38.2. The van der Waals surface area contributed by atoms with E-state index in [1.807, 2.05) is 63.2 Å². The van der Waals surface area contributed by atoms with E-state index in [2.05, 4.69) is 10.4 Å². The summed E-state index contributed by atoms with van der Waals surface area (Å²) in [6.45, 7) is 4.98. The van der Waals surface area contributed by atoms with Crippen molar-refractivity contribution in [3.63, 3.8) is 0 Å². The van der Waals surface area contributed by atoms with Gasteiger partial charge in [-0.1, -0.05) is 41.9 Å². The second-order valence-electron chi connectivity index (χ2n) is 9.18. The van der Waals surface area contributed by atoms with Crippen LogP contribution in [-0.2, 0) is 25.5 Å². The van der Waals surface area contributed by atoms with Gasteiger partial charge in [0.2, 0.25) is 5.91 Å². The van der Waals surface area contributed by atoms with Crippen molar-refractivity contribution in [2.45, 2.75) is 32.7 Å². The second-order valence-corrected chi connectivity index (χ2v) is 9.61. The first kappa shape index (κ1) is 26.0. The number of nitrogens with one attached hydrogen (secondary N) is 1. The number of rotatable bonds is 8. The Morgan fingerprint density at radius 2 is 1.71 bits per heavy atom. The summed E-state index contributed by atoms with van der Waals surface area (Å²) in [7, 11) is 1.49. The Balaban J connectivity index is 1.68. The van der Waals surface area contributed by atoms with Crippen LogP contribution in [0.25, 0.3) is 16.9 Å². The highest BCUT2D eigenvalue weighted by molar-refractivity contribution is 6.30. The topological polar surface area (TPSA) is 93.5 Å². The maximum atomic E-state index is 12.6. The Morgan fingerprint density at radius 1 is 1.06 bits per heavy atom. The van der Waals surface area contributed by atoms with Crippen LogP contribution in [0.5, 0.6) is 0 Å². The van der Waals surface area contributed by atoms with E-state index in [0.717, 1.165) is 11.3 Å². The van der Waals surface area contributed by atoms with Crippen LogP contribution >= 0.6 is 11.6 Å². The molecule has 0 bridgehead atoms. The van der Waals surface area contributed by atoms with Gasteiger partial charge in [0.25, 0.3) is 5.91 Å². The van der Waals surface area contributed by atoms with Crippen molar-refractivity contribution in [2.24, 2.45) is 0 Å². The zero-order valence-corrected chi connectivity index (χ0v) is 21.0. The first-order valence-electron chi connectivity index (χ1n) is 11.1. The summed E-state index contributed by atoms with van der Waals surface area (Å²) in [5, 5.41) is 8.04. The number of benzene rings is 2. The van der Waals surface area contributed by atoms with Gasteiger partial charge in [0.1, 0.15) is 0 Å². The van der Waals surface area contributed by atoms with Crippen LogP contribution in [0.1, 0.15) is 26.3 Å². The zero-order chi connectivity index (χ0) is 25.6. The number of hydrogen-bond acceptors (Lipinski definition) is 5. The number of halogens is 1. The van der Waals surface area contributed by atoms with Gasteiger partial charge in [0.05, 0.1) is 24.3 Å². The number of carbonyl (C=O) groups excluding carboxylic acids is 3. The van der Waals surface area contributed by atoms with Gasteiger partial charge < -0.3 is 15.0 Å². The van der Waals surface area contributed by atoms with Crippen molar-refractivity contribution in [3.8, 4) is 16.9 Å². The SMILES string of the molecule is CN(CC(=O)NC(C)(C)C)C(=O)COC(=O)Cc1cn(-c2ccccc2)nc1-c1ccc(Cl)cc1. The molecule has 0 saturated heterocycles. The molecule has 0 saturated carbocycles. The summed E-state index contributed by atoms with van der Waals surface area (Å²) in [6.07, 6.45) is 1.69. The summed E-state index contributed by atoms with van der Waals surface area (Å²) in [6, 6.07) is 16.7. The number of esters is 1. The summed E-state index contributed by atoms with van der Waals surface area (Å²) in [5.74, 6) is -1.34. The Labute approximate surface area is 209 Å². The number of nitrogens with zero attached hydrogens (tertiary/aromatic N) is 3. The highest BCUT2D eigenvalue weighted by Gasteiger charge is 2.20. The van der Waals surface area contributed by atoms with Gasteiger partial charge in [-0.05, 0) is 45.0 Å². The van der Waals surface area contributed by atoms with Crippen LogP contribution in [-0.4, -0.2) is 58.2 Å². The molecule has 0 aliphatic heterocycles. The van der Waals surface area contributed by atoms with Crippen LogP contribution in [0.3, 0.4) is 0 Å². The minimum atomic E-state index is -0.575. The molecule has 3 aromatic rings. The van der Waals surface area contributed by atoms with Crippen LogP contribution in [0, 0.1) is 0 Å². The Bertz CT molecular complexity index is 1180. The summed E-state index contributed by atoms with van der Waals surface area (Å²) in [5.41, 5.74) is 2.50. The lowest BCUT2D eigenvalue weighted by Gasteiger charge is -2.23. The normalized spacial score (nSPS) is 11.1. The van der Waals surface area contributed by atoms with Crippen molar-refractivity contribution >= 4 is 29.4 Å². The van der Waals surface area contributed by atoms with E-state index in [9.17, 15) is 14.4 Å². The number of amides is 2. The molecule has 2 amide bonds. The predicted molar refractivity (Wildman–Crippen MR) is 134 cm³/mol. The molecule has 0 aliphatic carbocycles. The molecular weight excluding hydrogens is 468 g/mol. The molecule has 0 spiro atoms. The molecule has 0 radical (unpaired) electrons. The third-order valence-electron chi connectivity index (χ3n) is 4.94. The van der Waals surface area contributed by atoms with Gasteiger partial charge in [-0.3, -0.25) is 14.4 Å². The third-order valence-corrected chi connectivity index (χ3v) is 5.19. The molecule has 2 aromatic carbocycles. The Hall–Kier alpha value is -3.65. The quantitative estimate of drug-likeness (QED) is 0.480. The summed E-state index contributed by atoms with van der Waals surface area (Å²) >= 11 is 6.02. The highest BCUT2D eigenvalue weighted by Crippen LogP contribution is 2.26. The minimum Gasteiger partial charge on any atom is -0.455 e. The molecule has 0 aliphatic rings. The molecule has 9 heteroatoms. The number of hydrogen-bond donors (Lipinski definition) is 1. The molecule has 0 fully saturated rings. The molecule has 1 heterocycles. The fourth-order valence-corrected chi connectivity index (χ4v) is 3.45. The molecule has 184 valence electrons. The lowest BCUT2D eigenvalue weighted by atomic mass is 10.1. The molecule has 1 N–H and O–H groups in total. The molecule has 3 rings (SSSR count). The molecule has 1 aromatic heterocycles. The largest absolute Gasteiger partial charge is 0.455 e. The van der Waals surface area contributed by atoms with Crippen LogP contribution in [0.15, 0.2) is 60.8 Å². The molecule has 35 heavy (non-hydrogen) atoms. The van der Waals surface area contributed by atoms with Gasteiger partial charge in [-0.15, -0.1) is 0 Å². The molecule has 0 unspecified atom stereocenters. The minimum absolute atomic E-state index is 0.0771. The lowest BCUT2D eigenvalue weighted by molar-refractivity contribution is -0.151. The smallest absolute Gasteiger partial charge is 0.310 e. The van der Waals surface area contributed by atoms with Gasteiger partial charge in [-0.2, -0.15) is 5.10 Å². The monoisotopic (exact) mass is 496 g/mol. The van der Waals surface area contributed by atoms with E-state index in [1.54, 1.807) is 23.0 Å². The second kappa shape index (κ2) is 11.2. The van der Waals surface area contributed by atoms with Gasteiger partial charge in [0.15, 0.2) is 6.61 Å². The van der Waals surface area contributed by atoms with Gasteiger partial charge in [-0.25, -0.2) is 4.68 Å². The molecule has 0 atom stereocenters. The number of para-hydroxylation sites is 1. The number of aromatic nitrogens is 2. The van der Waals surface area contributed by atoms with Crippen LogP contribution in [0.2, 0.25) is 5.02 Å². The van der Waals surface area contributed by atoms with E-state index >= 15 is 0 Å². The first-order chi connectivity index (χ1) is 16.5. The maximum Gasteiger partial charge on any atom is 0.310 e. The van der Waals surface area contributed by atoms with E-state index in [4.69, 9.17) is 16.3 Å². The predicted octanol–water partition coefficient (Wildman–Crippen LogP) is 3.65. The van der Waals surface area contributed by atoms with Crippen LogP contribution < -0.4 is 5.32 Å². The molecule has 8 nitrogen and oxygen atoms in total. The molecular formula is C26H29ClN4O4. The third kappa shape index (κ3) is 7.68. The lowest BCUT2D eigenvalue weighted by Crippen LogP contribution is -2.46. The average Bonchev–Trinajstić information content (AvgIpc) is 3.20. The van der Waals surface area contributed by atoms with Crippen molar-refractivity contribution in [1.29, 1.82) is 0 Å². The van der Waals surface area contributed by atoms with Crippen molar-refractivity contribution < 1.29 is 19.1 Å². The number of carbonyl (C=O) groups is 3.